The van der Waals surface area contributed by atoms with Gasteiger partial charge in [0.2, 0.25) is 0 Å². The van der Waals surface area contributed by atoms with Crippen molar-refractivity contribution in [2.45, 2.75) is 66.1 Å². The molecule has 0 atom stereocenters. The molecule has 0 aliphatic rings. The number of rotatable bonds is 14. The van der Waals surface area contributed by atoms with Crippen LogP contribution in [0.3, 0.4) is 0 Å². The van der Waals surface area contributed by atoms with Crippen LogP contribution in [0.2, 0.25) is 0 Å². The molecule has 0 aliphatic carbocycles. The Bertz CT molecular complexity index is 1200. The summed E-state index contributed by atoms with van der Waals surface area (Å²) in [7, 11) is 0. The van der Waals surface area contributed by atoms with Crippen LogP contribution in [-0.4, -0.2) is 27.6 Å². The van der Waals surface area contributed by atoms with Gasteiger partial charge >= 0.3 is 0 Å². The molecule has 3 aromatic carbocycles. The Balaban J connectivity index is 1.65. The highest BCUT2D eigenvalue weighted by molar-refractivity contribution is 5.68. The average Bonchev–Trinajstić information content (AvgIpc) is 3.31. The minimum Gasteiger partial charge on any atom is -0.494 e. The maximum atomic E-state index is 5.87. The summed E-state index contributed by atoms with van der Waals surface area (Å²) in [5.41, 5.74) is 6.03. The van der Waals surface area contributed by atoms with Crippen LogP contribution < -0.4 is 4.74 Å². The van der Waals surface area contributed by atoms with Gasteiger partial charge in [0.05, 0.1) is 18.0 Å². The molecule has 4 rings (SSSR count). The number of nitrogens with zero attached hydrogens (tertiary/aromatic N) is 3. The van der Waals surface area contributed by atoms with Gasteiger partial charge in [-0.15, -0.1) is 0 Å². The Labute approximate surface area is 222 Å². The standard InChI is InChI=1S/C33H41N3O/c1-4-7-23-36-31(26-35(6-3)25-27-19-21-30(22-20-27)37-24-8-5-2)32(28-15-11-9-12-16-28)34-33(36)29-17-13-10-14-18-29/h9-22H,4-8,23-26H2,1-3H3. The van der Waals surface area contributed by atoms with E-state index in [-0.39, 0.29) is 0 Å². The third-order valence-corrected chi connectivity index (χ3v) is 6.80. The Morgan fingerprint density at radius 2 is 1.38 bits per heavy atom. The fourth-order valence-corrected chi connectivity index (χ4v) is 4.61. The molecule has 0 radical (unpaired) electrons. The highest BCUT2D eigenvalue weighted by Gasteiger charge is 2.21. The molecule has 0 saturated heterocycles. The second kappa shape index (κ2) is 13.8. The van der Waals surface area contributed by atoms with Gasteiger partial charge in [-0.3, -0.25) is 4.90 Å². The molecule has 0 fully saturated rings. The zero-order valence-corrected chi connectivity index (χ0v) is 22.7. The quantitative estimate of drug-likeness (QED) is 0.165. The molecule has 194 valence electrons. The molecular formula is C33H41N3O. The van der Waals surface area contributed by atoms with Gasteiger partial charge in [0, 0.05) is 30.8 Å². The van der Waals surface area contributed by atoms with E-state index >= 15 is 0 Å². The number of imidazole rings is 1. The van der Waals surface area contributed by atoms with E-state index in [1.807, 2.05) is 0 Å². The maximum absolute atomic E-state index is 5.87. The first-order chi connectivity index (χ1) is 18.2. The zero-order chi connectivity index (χ0) is 25.9. The van der Waals surface area contributed by atoms with Gasteiger partial charge in [-0.2, -0.15) is 0 Å². The fraction of sp³-hybridized carbons (Fsp3) is 0.364. The third kappa shape index (κ3) is 7.11. The average molecular weight is 496 g/mol. The molecule has 1 heterocycles. The van der Waals surface area contributed by atoms with E-state index in [4.69, 9.17) is 9.72 Å². The summed E-state index contributed by atoms with van der Waals surface area (Å²) in [5, 5.41) is 0. The fourth-order valence-electron chi connectivity index (χ4n) is 4.61. The largest absolute Gasteiger partial charge is 0.494 e. The molecule has 4 heteroatoms. The predicted octanol–water partition coefficient (Wildman–Crippen LogP) is 8.22. The van der Waals surface area contributed by atoms with Crippen LogP contribution in [0.4, 0.5) is 0 Å². The lowest BCUT2D eigenvalue weighted by molar-refractivity contribution is 0.264. The first kappa shape index (κ1) is 26.7. The molecule has 4 nitrogen and oxygen atoms in total. The zero-order valence-electron chi connectivity index (χ0n) is 22.7. The van der Waals surface area contributed by atoms with Crippen molar-refractivity contribution < 1.29 is 4.74 Å². The highest BCUT2D eigenvalue weighted by atomic mass is 16.5. The molecule has 37 heavy (non-hydrogen) atoms. The number of aromatic nitrogens is 2. The summed E-state index contributed by atoms with van der Waals surface area (Å²) in [6.45, 7) is 11.1. The van der Waals surface area contributed by atoms with Gasteiger partial charge in [-0.1, -0.05) is 106 Å². The van der Waals surface area contributed by atoms with E-state index in [1.54, 1.807) is 0 Å². The van der Waals surface area contributed by atoms with E-state index in [0.29, 0.717) is 0 Å². The SMILES string of the molecule is CCCCOc1ccc(CN(CC)Cc2c(-c3ccccc3)nc(-c3ccccc3)n2CCCC)cc1. The normalized spacial score (nSPS) is 11.2. The monoisotopic (exact) mass is 495 g/mol. The van der Waals surface area contributed by atoms with E-state index in [1.165, 1.54) is 22.4 Å². The lowest BCUT2D eigenvalue weighted by atomic mass is 10.1. The molecule has 0 spiro atoms. The molecule has 0 unspecified atom stereocenters. The van der Waals surface area contributed by atoms with Crippen molar-refractivity contribution >= 4 is 0 Å². The summed E-state index contributed by atoms with van der Waals surface area (Å²) in [6, 6.07) is 29.9. The lowest BCUT2D eigenvalue weighted by Gasteiger charge is -2.23. The number of hydrogen-bond donors (Lipinski definition) is 0. The van der Waals surface area contributed by atoms with Crippen molar-refractivity contribution in [3.63, 3.8) is 0 Å². The van der Waals surface area contributed by atoms with Crippen molar-refractivity contribution in [3.8, 4) is 28.4 Å². The van der Waals surface area contributed by atoms with Crippen LogP contribution in [0.25, 0.3) is 22.6 Å². The summed E-state index contributed by atoms with van der Waals surface area (Å²) in [4.78, 5) is 7.77. The first-order valence-electron chi connectivity index (χ1n) is 13.9. The van der Waals surface area contributed by atoms with Gasteiger partial charge in [0.25, 0.3) is 0 Å². The van der Waals surface area contributed by atoms with Crippen LogP contribution in [0, 0.1) is 0 Å². The Morgan fingerprint density at radius 1 is 0.730 bits per heavy atom. The van der Waals surface area contributed by atoms with Crippen molar-refractivity contribution in [2.75, 3.05) is 13.2 Å². The lowest BCUT2D eigenvalue weighted by Crippen LogP contribution is -2.24. The van der Waals surface area contributed by atoms with Gasteiger partial charge in [0.15, 0.2) is 0 Å². The topological polar surface area (TPSA) is 30.3 Å². The van der Waals surface area contributed by atoms with Gasteiger partial charge in [-0.05, 0) is 37.1 Å². The smallest absolute Gasteiger partial charge is 0.140 e. The second-order valence-electron chi connectivity index (χ2n) is 9.62. The summed E-state index contributed by atoms with van der Waals surface area (Å²) >= 11 is 0. The van der Waals surface area contributed by atoms with Crippen molar-refractivity contribution in [2.24, 2.45) is 0 Å². The number of unbranched alkanes of at least 4 members (excludes halogenated alkanes) is 2. The van der Waals surface area contributed by atoms with E-state index in [0.717, 1.165) is 75.7 Å². The summed E-state index contributed by atoms with van der Waals surface area (Å²) in [5.74, 6) is 2.02. The number of benzene rings is 3. The number of hydrogen-bond acceptors (Lipinski definition) is 3. The van der Waals surface area contributed by atoms with Crippen molar-refractivity contribution in [3.05, 3.63) is 96.2 Å². The molecule has 0 bridgehead atoms. The number of ether oxygens (including phenoxy) is 1. The highest BCUT2D eigenvalue weighted by Crippen LogP contribution is 2.31. The van der Waals surface area contributed by atoms with Gasteiger partial charge in [-0.25, -0.2) is 4.98 Å². The van der Waals surface area contributed by atoms with Crippen LogP contribution in [0.1, 0.15) is 57.7 Å². The maximum Gasteiger partial charge on any atom is 0.140 e. The van der Waals surface area contributed by atoms with Gasteiger partial charge < -0.3 is 9.30 Å². The Morgan fingerprint density at radius 3 is 2.00 bits per heavy atom. The molecular weight excluding hydrogens is 454 g/mol. The molecule has 1 aromatic heterocycles. The van der Waals surface area contributed by atoms with Crippen LogP contribution in [0.5, 0.6) is 5.75 Å². The molecule has 0 N–H and O–H groups in total. The molecule has 0 aliphatic heterocycles. The Kier molecular flexibility index (Phi) is 9.96. The minimum absolute atomic E-state index is 0.782. The van der Waals surface area contributed by atoms with Crippen molar-refractivity contribution in [1.82, 2.24) is 14.5 Å². The first-order valence-corrected chi connectivity index (χ1v) is 13.9. The second-order valence-corrected chi connectivity index (χ2v) is 9.62. The Hall–Kier alpha value is -3.37. The van der Waals surface area contributed by atoms with Crippen LogP contribution in [0.15, 0.2) is 84.9 Å². The minimum atomic E-state index is 0.782. The summed E-state index contributed by atoms with van der Waals surface area (Å²) < 4.78 is 8.33. The molecule has 0 amide bonds. The van der Waals surface area contributed by atoms with Crippen LogP contribution in [-0.2, 0) is 19.6 Å². The van der Waals surface area contributed by atoms with E-state index in [2.05, 4.69) is 115 Å². The van der Waals surface area contributed by atoms with E-state index in [9.17, 15) is 0 Å². The predicted molar refractivity (Wildman–Crippen MR) is 155 cm³/mol. The summed E-state index contributed by atoms with van der Waals surface area (Å²) in [6.07, 6.45) is 4.51. The van der Waals surface area contributed by atoms with Crippen molar-refractivity contribution in [1.29, 1.82) is 0 Å². The third-order valence-electron chi connectivity index (χ3n) is 6.80. The van der Waals surface area contributed by atoms with Gasteiger partial charge in [0.1, 0.15) is 11.6 Å². The van der Waals surface area contributed by atoms with E-state index < -0.39 is 0 Å². The molecule has 4 aromatic rings. The molecule has 0 saturated carbocycles. The van der Waals surface area contributed by atoms with Crippen LogP contribution >= 0.6 is 0 Å².